The molecule has 0 bridgehead atoms. The van der Waals surface area contributed by atoms with Crippen LogP contribution >= 0.6 is 0 Å². The molecule has 1 aliphatic heterocycles. The molecule has 0 radical (unpaired) electrons. The molecule has 2 heterocycles. The van der Waals surface area contributed by atoms with E-state index in [1.807, 2.05) is 36.4 Å². The number of fused-ring (bicyclic) bond motifs is 1. The molecule has 2 amide bonds. The fraction of sp³-hybridized carbons (Fsp3) is 0.444. The topological polar surface area (TPSA) is 155 Å². The van der Waals surface area contributed by atoms with Crippen LogP contribution in [0.3, 0.4) is 0 Å². The van der Waals surface area contributed by atoms with Crippen LogP contribution < -0.4 is 5.32 Å². The average Bonchev–Trinajstić information content (AvgIpc) is 3.46. The highest BCUT2D eigenvalue weighted by molar-refractivity contribution is 5.90. The highest BCUT2D eigenvalue weighted by Gasteiger charge is 2.41. The predicted molar refractivity (Wildman–Crippen MR) is 177 cm³/mol. The van der Waals surface area contributed by atoms with Crippen LogP contribution in [0.5, 0.6) is 0 Å². The van der Waals surface area contributed by atoms with Crippen LogP contribution in [0.1, 0.15) is 76.9 Å². The van der Waals surface area contributed by atoms with Crippen LogP contribution in [-0.4, -0.2) is 67.8 Å². The van der Waals surface area contributed by atoms with Crippen molar-refractivity contribution in [3.05, 3.63) is 89.5 Å². The molecule has 1 aliphatic rings. The van der Waals surface area contributed by atoms with Crippen LogP contribution in [0.4, 0.5) is 9.59 Å². The number of rotatable bonds is 10. The third-order valence-corrected chi connectivity index (χ3v) is 7.26. The van der Waals surface area contributed by atoms with E-state index in [1.165, 1.54) is 15.8 Å². The first-order valence-electron chi connectivity index (χ1n) is 16.1. The molecule has 262 valence electrons. The number of amides is 2. The summed E-state index contributed by atoms with van der Waals surface area (Å²) in [4.78, 5) is 71.9. The second-order valence-corrected chi connectivity index (χ2v) is 13.7. The lowest BCUT2D eigenvalue weighted by molar-refractivity contribution is -0.151. The molecule has 0 saturated carbocycles. The van der Waals surface area contributed by atoms with Gasteiger partial charge in [-0.2, -0.15) is 0 Å². The van der Waals surface area contributed by atoms with Crippen molar-refractivity contribution in [2.45, 2.75) is 104 Å². The van der Waals surface area contributed by atoms with Gasteiger partial charge in [-0.1, -0.05) is 60.7 Å². The van der Waals surface area contributed by atoms with E-state index in [1.54, 1.807) is 65.8 Å². The van der Waals surface area contributed by atoms with Crippen LogP contribution in [0.25, 0.3) is 0 Å². The number of carbonyl (C=O) groups is 5. The van der Waals surface area contributed by atoms with E-state index >= 15 is 0 Å². The summed E-state index contributed by atoms with van der Waals surface area (Å²) in [5.41, 5.74) is 0.625. The number of nitrogens with one attached hydrogen (secondary N) is 1. The minimum Gasteiger partial charge on any atom is -0.461 e. The van der Waals surface area contributed by atoms with Gasteiger partial charge in [-0.05, 0) is 59.1 Å². The van der Waals surface area contributed by atoms with Crippen molar-refractivity contribution in [3.63, 3.8) is 0 Å². The maximum absolute atomic E-state index is 14.0. The third-order valence-electron chi connectivity index (χ3n) is 7.26. The smallest absolute Gasteiger partial charge is 0.420 e. The van der Waals surface area contributed by atoms with E-state index < -0.39 is 53.3 Å². The Balaban J connectivity index is 1.54. The fourth-order valence-corrected chi connectivity index (χ4v) is 4.95. The van der Waals surface area contributed by atoms with Gasteiger partial charge >= 0.3 is 24.1 Å². The molecule has 2 atom stereocenters. The van der Waals surface area contributed by atoms with E-state index in [0.29, 0.717) is 11.4 Å². The number of hydrogen-bond acceptors (Lipinski definition) is 10. The summed E-state index contributed by atoms with van der Waals surface area (Å²) in [6, 6.07) is 15.7. The standard InChI is InChI=1S/C36H44N4O9/c1-35(2,3)48-33(44)39-20-29-27(37-23-40(29)34(45)49-36(4,5)6)19-28(39)31(42)38-26(32(43)47-22-25-15-11-8-12-16-25)17-18-30(41)46-21-24-13-9-7-10-14-24/h7-16,23,26,28H,17-22H2,1-6H3,(H,38,42)/t26-,28-/m0/s1. The van der Waals surface area contributed by atoms with Crippen molar-refractivity contribution in [2.24, 2.45) is 0 Å². The summed E-state index contributed by atoms with van der Waals surface area (Å²) >= 11 is 0. The first-order chi connectivity index (χ1) is 23.1. The Morgan fingerprint density at radius 1 is 0.816 bits per heavy atom. The Bertz CT molecular complexity index is 1630. The molecule has 4 rings (SSSR count). The molecule has 0 spiro atoms. The number of imidazole rings is 1. The fourth-order valence-electron chi connectivity index (χ4n) is 4.95. The van der Waals surface area contributed by atoms with Crippen LogP contribution in [0.15, 0.2) is 67.0 Å². The van der Waals surface area contributed by atoms with Gasteiger partial charge in [0.2, 0.25) is 5.91 Å². The zero-order chi connectivity index (χ0) is 35.8. The molecule has 13 heteroatoms. The van der Waals surface area contributed by atoms with Gasteiger partial charge < -0.3 is 24.3 Å². The van der Waals surface area contributed by atoms with Gasteiger partial charge in [0.1, 0.15) is 42.8 Å². The minimum atomic E-state index is -1.25. The van der Waals surface area contributed by atoms with Crippen molar-refractivity contribution in [1.82, 2.24) is 19.8 Å². The zero-order valence-electron chi connectivity index (χ0n) is 28.8. The number of ether oxygens (including phenoxy) is 4. The summed E-state index contributed by atoms with van der Waals surface area (Å²) in [6.07, 6.45) is -0.594. The Hall–Kier alpha value is -5.20. The quantitative estimate of drug-likeness (QED) is 0.227. The van der Waals surface area contributed by atoms with Crippen molar-refractivity contribution in [3.8, 4) is 0 Å². The molecule has 3 aromatic rings. The summed E-state index contributed by atoms with van der Waals surface area (Å²) in [7, 11) is 0. The van der Waals surface area contributed by atoms with Crippen LogP contribution in [-0.2, 0) is 59.5 Å². The van der Waals surface area contributed by atoms with E-state index in [9.17, 15) is 24.0 Å². The highest BCUT2D eigenvalue weighted by Crippen LogP contribution is 2.26. The molecule has 0 aliphatic carbocycles. The lowest BCUT2D eigenvalue weighted by Gasteiger charge is -2.36. The first kappa shape index (κ1) is 36.6. The number of esters is 2. The Morgan fingerprint density at radius 2 is 1.37 bits per heavy atom. The minimum absolute atomic E-state index is 0.0522. The Kier molecular flexibility index (Phi) is 11.8. The van der Waals surface area contributed by atoms with E-state index in [2.05, 4.69) is 10.3 Å². The summed E-state index contributed by atoms with van der Waals surface area (Å²) < 4.78 is 23.2. The van der Waals surface area contributed by atoms with E-state index in [-0.39, 0.29) is 39.0 Å². The number of nitrogens with zero attached hydrogens (tertiary/aromatic N) is 3. The molecular formula is C36H44N4O9. The van der Waals surface area contributed by atoms with Crippen molar-refractivity contribution >= 4 is 30.0 Å². The van der Waals surface area contributed by atoms with Gasteiger partial charge in [0.25, 0.3) is 0 Å². The summed E-state index contributed by atoms with van der Waals surface area (Å²) in [6.45, 7) is 10.1. The van der Waals surface area contributed by atoms with E-state index in [4.69, 9.17) is 18.9 Å². The number of benzene rings is 2. The molecule has 0 fully saturated rings. The maximum Gasteiger partial charge on any atom is 0.420 e. The van der Waals surface area contributed by atoms with Gasteiger partial charge in [0.15, 0.2) is 0 Å². The van der Waals surface area contributed by atoms with Crippen molar-refractivity contribution < 1.29 is 42.9 Å². The molecule has 2 aromatic carbocycles. The third kappa shape index (κ3) is 10.9. The first-order valence-corrected chi connectivity index (χ1v) is 16.1. The molecule has 1 aromatic heterocycles. The van der Waals surface area contributed by atoms with Gasteiger partial charge in [-0.15, -0.1) is 0 Å². The normalized spacial score (nSPS) is 15.0. The lowest BCUT2D eigenvalue weighted by atomic mass is 10.0. The predicted octanol–water partition coefficient (Wildman–Crippen LogP) is 5.08. The zero-order valence-corrected chi connectivity index (χ0v) is 28.8. The van der Waals surface area contributed by atoms with Crippen molar-refractivity contribution in [1.29, 1.82) is 0 Å². The monoisotopic (exact) mass is 676 g/mol. The SMILES string of the molecule is CC(C)(C)OC(=O)N1Cc2c(ncn2C(=O)OC(C)(C)C)C[C@H]1C(=O)N[C@@H](CCC(=O)OCc1ccccc1)C(=O)OCc1ccccc1. The van der Waals surface area contributed by atoms with Gasteiger partial charge in [-0.3, -0.25) is 14.5 Å². The number of hydrogen-bond donors (Lipinski definition) is 1. The van der Waals surface area contributed by atoms with E-state index in [0.717, 1.165) is 11.1 Å². The largest absolute Gasteiger partial charge is 0.461 e. The second-order valence-electron chi connectivity index (χ2n) is 13.7. The average molecular weight is 677 g/mol. The van der Waals surface area contributed by atoms with Gasteiger partial charge in [0, 0.05) is 12.8 Å². The molecule has 0 saturated heterocycles. The number of aromatic nitrogens is 2. The molecule has 13 nitrogen and oxygen atoms in total. The molecule has 0 unspecified atom stereocenters. The Morgan fingerprint density at radius 3 is 1.94 bits per heavy atom. The molecular weight excluding hydrogens is 632 g/mol. The highest BCUT2D eigenvalue weighted by atomic mass is 16.6. The van der Waals surface area contributed by atoms with Gasteiger partial charge in [0.05, 0.1) is 17.9 Å². The maximum atomic E-state index is 14.0. The summed E-state index contributed by atoms with van der Waals surface area (Å²) in [5, 5.41) is 2.69. The Labute approximate surface area is 285 Å². The lowest BCUT2D eigenvalue weighted by Crippen LogP contribution is -2.56. The van der Waals surface area contributed by atoms with Crippen LogP contribution in [0, 0.1) is 0 Å². The summed E-state index contributed by atoms with van der Waals surface area (Å²) in [5.74, 6) is -2.02. The van der Waals surface area contributed by atoms with Crippen LogP contribution in [0.2, 0.25) is 0 Å². The van der Waals surface area contributed by atoms with Gasteiger partial charge in [-0.25, -0.2) is 23.9 Å². The molecule has 49 heavy (non-hydrogen) atoms. The second kappa shape index (κ2) is 15.8. The molecule has 1 N–H and O–H groups in total. The number of carbonyl (C=O) groups excluding carboxylic acids is 5. The van der Waals surface area contributed by atoms with Crippen molar-refractivity contribution in [2.75, 3.05) is 0 Å².